The van der Waals surface area contributed by atoms with Crippen molar-refractivity contribution in [1.82, 2.24) is 15.6 Å². The number of hydrogen-bond acceptors (Lipinski definition) is 4. The maximum absolute atomic E-state index is 5.29. The standard InChI is InChI=1S/C21H26N4OS/c1-4-19-13-23-20(27-19)14-25-21(22-5-2)24-12-15-6-7-17-11-18(26-3)9-8-16(17)10-15/h6-11,13H,4-5,12,14H2,1-3H3,(H2,22,24,25). The quantitative estimate of drug-likeness (QED) is 0.477. The van der Waals surface area contributed by atoms with Gasteiger partial charge in [-0.15, -0.1) is 11.3 Å². The lowest BCUT2D eigenvalue weighted by molar-refractivity contribution is 0.415. The topological polar surface area (TPSA) is 58.5 Å². The summed E-state index contributed by atoms with van der Waals surface area (Å²) in [5.74, 6) is 1.68. The molecule has 0 radical (unpaired) electrons. The Balaban J connectivity index is 1.67. The second kappa shape index (κ2) is 9.37. The predicted octanol–water partition coefficient (Wildman–Crippen LogP) is 4.12. The number of hydrogen-bond donors (Lipinski definition) is 2. The molecule has 2 N–H and O–H groups in total. The van der Waals surface area contributed by atoms with Crippen LogP contribution in [0.4, 0.5) is 0 Å². The minimum Gasteiger partial charge on any atom is -0.497 e. The number of methoxy groups -OCH3 is 1. The highest BCUT2D eigenvalue weighted by Gasteiger charge is 2.03. The van der Waals surface area contributed by atoms with Gasteiger partial charge in [0.05, 0.1) is 20.2 Å². The van der Waals surface area contributed by atoms with Gasteiger partial charge in [0.2, 0.25) is 0 Å². The fourth-order valence-electron chi connectivity index (χ4n) is 2.76. The number of nitrogens with one attached hydrogen (secondary N) is 2. The van der Waals surface area contributed by atoms with Crippen molar-refractivity contribution in [3.05, 3.63) is 58.0 Å². The molecule has 2 aromatic carbocycles. The number of thiazole rings is 1. The third-order valence-corrected chi connectivity index (χ3v) is 5.37. The van der Waals surface area contributed by atoms with E-state index in [1.165, 1.54) is 21.2 Å². The lowest BCUT2D eigenvalue weighted by atomic mass is 10.1. The minimum absolute atomic E-state index is 0.620. The number of aromatic nitrogens is 1. The molecule has 5 nitrogen and oxygen atoms in total. The average Bonchev–Trinajstić information content (AvgIpc) is 3.17. The normalized spacial score (nSPS) is 11.6. The Hall–Kier alpha value is -2.60. The van der Waals surface area contributed by atoms with Gasteiger partial charge in [-0.05, 0) is 47.9 Å². The van der Waals surface area contributed by atoms with Crippen molar-refractivity contribution in [2.45, 2.75) is 33.4 Å². The van der Waals surface area contributed by atoms with Gasteiger partial charge in [-0.1, -0.05) is 25.1 Å². The van der Waals surface area contributed by atoms with Crippen LogP contribution in [0.1, 0.15) is 29.3 Å². The maximum Gasteiger partial charge on any atom is 0.191 e. The van der Waals surface area contributed by atoms with Crippen LogP contribution in [0.25, 0.3) is 10.8 Å². The molecule has 27 heavy (non-hydrogen) atoms. The minimum atomic E-state index is 0.620. The number of guanidine groups is 1. The molecule has 0 saturated heterocycles. The van der Waals surface area contributed by atoms with Crippen LogP contribution >= 0.6 is 11.3 Å². The van der Waals surface area contributed by atoms with Gasteiger partial charge >= 0.3 is 0 Å². The zero-order valence-corrected chi connectivity index (χ0v) is 16.9. The van der Waals surface area contributed by atoms with Gasteiger partial charge in [-0.25, -0.2) is 9.98 Å². The van der Waals surface area contributed by atoms with E-state index in [0.717, 1.165) is 29.7 Å². The number of ether oxygens (including phenoxy) is 1. The van der Waals surface area contributed by atoms with E-state index in [0.29, 0.717) is 13.1 Å². The molecule has 1 aromatic heterocycles. The van der Waals surface area contributed by atoms with E-state index in [1.807, 2.05) is 18.3 Å². The Bertz CT molecular complexity index is 919. The summed E-state index contributed by atoms with van der Waals surface area (Å²) < 4.78 is 5.29. The SMILES string of the molecule is CCNC(=NCc1ccc2cc(OC)ccc2c1)NCc1ncc(CC)s1. The average molecular weight is 383 g/mol. The summed E-state index contributed by atoms with van der Waals surface area (Å²) in [6.45, 7) is 6.35. The van der Waals surface area contributed by atoms with Gasteiger partial charge < -0.3 is 15.4 Å². The van der Waals surface area contributed by atoms with Crippen LogP contribution in [-0.4, -0.2) is 24.6 Å². The van der Waals surface area contributed by atoms with Crippen molar-refractivity contribution in [2.75, 3.05) is 13.7 Å². The number of aryl methyl sites for hydroxylation is 1. The van der Waals surface area contributed by atoms with Gasteiger partial charge in [0, 0.05) is 17.6 Å². The van der Waals surface area contributed by atoms with Gasteiger partial charge in [-0.3, -0.25) is 0 Å². The first-order chi connectivity index (χ1) is 13.2. The Labute approximate surface area is 164 Å². The number of nitrogens with zero attached hydrogens (tertiary/aromatic N) is 2. The lowest BCUT2D eigenvalue weighted by Crippen LogP contribution is -2.36. The molecule has 0 saturated carbocycles. The van der Waals surface area contributed by atoms with Gasteiger partial charge in [0.25, 0.3) is 0 Å². The number of aliphatic imine (C=N–C) groups is 1. The molecule has 142 valence electrons. The van der Waals surface area contributed by atoms with E-state index in [4.69, 9.17) is 9.73 Å². The van der Waals surface area contributed by atoms with Crippen molar-refractivity contribution in [3.63, 3.8) is 0 Å². The van der Waals surface area contributed by atoms with Crippen LogP contribution in [0.3, 0.4) is 0 Å². The molecule has 0 amide bonds. The van der Waals surface area contributed by atoms with Crippen LogP contribution in [0.5, 0.6) is 5.75 Å². The van der Waals surface area contributed by atoms with Crippen LogP contribution < -0.4 is 15.4 Å². The predicted molar refractivity (Wildman–Crippen MR) is 114 cm³/mol. The molecule has 0 aliphatic rings. The van der Waals surface area contributed by atoms with Crippen molar-refractivity contribution in [3.8, 4) is 5.75 Å². The molecule has 0 spiro atoms. The summed E-state index contributed by atoms with van der Waals surface area (Å²) in [5, 5.41) is 10.1. The van der Waals surface area contributed by atoms with E-state index in [-0.39, 0.29) is 0 Å². The van der Waals surface area contributed by atoms with Crippen molar-refractivity contribution >= 4 is 28.1 Å². The number of rotatable bonds is 7. The summed E-state index contributed by atoms with van der Waals surface area (Å²) >= 11 is 1.75. The molecule has 0 bridgehead atoms. The first kappa shape index (κ1) is 19.2. The Morgan fingerprint density at radius 2 is 1.93 bits per heavy atom. The molecule has 0 aliphatic carbocycles. The molecule has 1 heterocycles. The van der Waals surface area contributed by atoms with E-state index in [9.17, 15) is 0 Å². The van der Waals surface area contributed by atoms with Crippen molar-refractivity contribution in [1.29, 1.82) is 0 Å². The summed E-state index contributed by atoms with van der Waals surface area (Å²) in [6.07, 6.45) is 2.98. The van der Waals surface area contributed by atoms with Crippen molar-refractivity contribution < 1.29 is 4.74 Å². The molecule has 3 aromatic rings. The molecular weight excluding hydrogens is 356 g/mol. The largest absolute Gasteiger partial charge is 0.497 e. The fraction of sp³-hybridized carbons (Fsp3) is 0.333. The summed E-state index contributed by atoms with van der Waals surface area (Å²) in [7, 11) is 1.69. The molecular formula is C21H26N4OS. The molecule has 6 heteroatoms. The summed E-state index contributed by atoms with van der Waals surface area (Å²) in [4.78, 5) is 10.5. The van der Waals surface area contributed by atoms with E-state index >= 15 is 0 Å². The van der Waals surface area contributed by atoms with Gasteiger partial charge in [0.1, 0.15) is 10.8 Å². The second-order valence-electron chi connectivity index (χ2n) is 6.17. The van der Waals surface area contributed by atoms with Crippen LogP contribution in [0, 0.1) is 0 Å². The van der Waals surface area contributed by atoms with Gasteiger partial charge in [-0.2, -0.15) is 0 Å². The highest BCUT2D eigenvalue weighted by atomic mass is 32.1. The fourth-order valence-corrected chi connectivity index (χ4v) is 3.57. The smallest absolute Gasteiger partial charge is 0.191 e. The third kappa shape index (κ3) is 5.20. The highest BCUT2D eigenvalue weighted by Crippen LogP contribution is 2.22. The van der Waals surface area contributed by atoms with Crippen LogP contribution in [0.2, 0.25) is 0 Å². The zero-order valence-electron chi connectivity index (χ0n) is 16.1. The Morgan fingerprint density at radius 1 is 1.11 bits per heavy atom. The third-order valence-electron chi connectivity index (χ3n) is 4.23. The molecule has 3 rings (SSSR count). The van der Waals surface area contributed by atoms with Gasteiger partial charge in [0.15, 0.2) is 5.96 Å². The highest BCUT2D eigenvalue weighted by molar-refractivity contribution is 7.11. The molecule has 0 fully saturated rings. The monoisotopic (exact) mass is 382 g/mol. The van der Waals surface area contributed by atoms with Crippen LogP contribution in [0.15, 0.2) is 47.6 Å². The molecule has 0 aliphatic heterocycles. The Morgan fingerprint density at radius 3 is 2.67 bits per heavy atom. The summed E-state index contributed by atoms with van der Waals surface area (Å²) in [6, 6.07) is 12.5. The first-order valence-corrected chi connectivity index (χ1v) is 10.1. The Kier molecular flexibility index (Phi) is 6.65. The van der Waals surface area contributed by atoms with Crippen molar-refractivity contribution in [2.24, 2.45) is 4.99 Å². The summed E-state index contributed by atoms with van der Waals surface area (Å²) in [5.41, 5.74) is 1.17. The second-order valence-corrected chi connectivity index (χ2v) is 7.37. The lowest BCUT2D eigenvalue weighted by Gasteiger charge is -2.10. The van der Waals surface area contributed by atoms with Crippen LogP contribution in [-0.2, 0) is 19.5 Å². The van der Waals surface area contributed by atoms with E-state index in [1.54, 1.807) is 18.4 Å². The zero-order chi connectivity index (χ0) is 19.1. The van der Waals surface area contributed by atoms with E-state index in [2.05, 4.69) is 53.7 Å². The number of benzene rings is 2. The molecule has 0 unspecified atom stereocenters. The molecule has 0 atom stereocenters. The van der Waals surface area contributed by atoms with E-state index < -0.39 is 0 Å². The maximum atomic E-state index is 5.29. The first-order valence-electron chi connectivity index (χ1n) is 9.24. The number of fused-ring (bicyclic) bond motifs is 1.